The molecule has 4 heteroatoms. The quantitative estimate of drug-likeness (QED) is 0.825. The zero-order valence-electron chi connectivity index (χ0n) is 15.5. The van der Waals surface area contributed by atoms with Crippen LogP contribution in [0.5, 0.6) is 5.75 Å². The third-order valence-corrected chi connectivity index (χ3v) is 5.03. The van der Waals surface area contributed by atoms with Gasteiger partial charge in [0, 0.05) is 24.6 Å². The standard InChI is InChI=1S/C22H28N2O2/c1-24-14-8-7-12-20(24)15-22(25)23-16-19-11-5-6-13-21(19)26-17-18-9-3-2-4-10-18/h2-6,9-11,13,20H,7-8,12,14-17H2,1H3,(H,23,25)/t20-/m1/s1. The average Bonchev–Trinajstić information content (AvgIpc) is 2.68. The molecule has 1 amide bonds. The van der Waals surface area contributed by atoms with Gasteiger partial charge in [0.05, 0.1) is 0 Å². The minimum atomic E-state index is 0.113. The lowest BCUT2D eigenvalue weighted by atomic mass is 10.00. The molecule has 0 unspecified atom stereocenters. The van der Waals surface area contributed by atoms with Crippen molar-refractivity contribution in [3.05, 3.63) is 65.7 Å². The second-order valence-electron chi connectivity index (χ2n) is 6.99. The van der Waals surface area contributed by atoms with Crippen molar-refractivity contribution in [2.45, 2.75) is 44.9 Å². The number of hydrogen-bond donors (Lipinski definition) is 1. The molecule has 1 fully saturated rings. The second-order valence-corrected chi connectivity index (χ2v) is 6.99. The van der Waals surface area contributed by atoms with E-state index >= 15 is 0 Å². The van der Waals surface area contributed by atoms with Crippen LogP contribution < -0.4 is 10.1 Å². The molecular weight excluding hydrogens is 324 g/mol. The monoisotopic (exact) mass is 352 g/mol. The van der Waals surface area contributed by atoms with Gasteiger partial charge in [-0.05, 0) is 38.1 Å². The van der Waals surface area contributed by atoms with Crippen molar-refractivity contribution in [3.8, 4) is 5.75 Å². The summed E-state index contributed by atoms with van der Waals surface area (Å²) in [6.45, 7) is 2.12. The number of carbonyl (C=O) groups is 1. The van der Waals surface area contributed by atoms with Crippen molar-refractivity contribution in [1.29, 1.82) is 0 Å². The fraction of sp³-hybridized carbons (Fsp3) is 0.409. The van der Waals surface area contributed by atoms with Gasteiger partial charge in [-0.25, -0.2) is 0 Å². The Morgan fingerprint density at radius 3 is 2.69 bits per heavy atom. The van der Waals surface area contributed by atoms with Crippen molar-refractivity contribution in [2.75, 3.05) is 13.6 Å². The first-order valence-electron chi connectivity index (χ1n) is 9.44. The Morgan fingerprint density at radius 2 is 1.88 bits per heavy atom. The van der Waals surface area contributed by atoms with Crippen LogP contribution >= 0.6 is 0 Å². The van der Waals surface area contributed by atoms with Crippen LogP contribution in [0, 0.1) is 0 Å². The minimum Gasteiger partial charge on any atom is -0.489 e. The molecule has 1 N–H and O–H groups in total. The van der Waals surface area contributed by atoms with Gasteiger partial charge in [-0.2, -0.15) is 0 Å². The number of para-hydroxylation sites is 1. The number of carbonyl (C=O) groups excluding carboxylic acids is 1. The number of likely N-dealkylation sites (tertiary alicyclic amines) is 1. The second kappa shape index (κ2) is 9.39. The summed E-state index contributed by atoms with van der Waals surface area (Å²) in [5.74, 6) is 0.938. The van der Waals surface area contributed by atoms with E-state index < -0.39 is 0 Å². The number of piperidine rings is 1. The van der Waals surface area contributed by atoms with Gasteiger partial charge in [-0.3, -0.25) is 4.79 Å². The van der Waals surface area contributed by atoms with E-state index in [1.165, 1.54) is 12.8 Å². The van der Waals surface area contributed by atoms with Gasteiger partial charge in [0.1, 0.15) is 12.4 Å². The Morgan fingerprint density at radius 1 is 1.12 bits per heavy atom. The molecule has 3 rings (SSSR count). The van der Waals surface area contributed by atoms with Crippen LogP contribution in [0.3, 0.4) is 0 Å². The van der Waals surface area contributed by atoms with Crippen LogP contribution in [0.1, 0.15) is 36.8 Å². The maximum atomic E-state index is 12.3. The minimum absolute atomic E-state index is 0.113. The molecule has 0 spiro atoms. The van der Waals surface area contributed by atoms with E-state index in [0.29, 0.717) is 25.6 Å². The molecule has 0 saturated carbocycles. The van der Waals surface area contributed by atoms with Crippen LogP contribution in [-0.2, 0) is 17.9 Å². The van der Waals surface area contributed by atoms with Crippen LogP contribution in [0.4, 0.5) is 0 Å². The first-order valence-corrected chi connectivity index (χ1v) is 9.44. The van der Waals surface area contributed by atoms with Crippen LogP contribution in [0.2, 0.25) is 0 Å². The van der Waals surface area contributed by atoms with Gasteiger partial charge in [0.15, 0.2) is 0 Å². The molecule has 1 aliphatic heterocycles. The van der Waals surface area contributed by atoms with E-state index in [1.54, 1.807) is 0 Å². The number of nitrogens with one attached hydrogen (secondary N) is 1. The largest absolute Gasteiger partial charge is 0.489 e. The van der Waals surface area contributed by atoms with E-state index in [2.05, 4.69) is 17.3 Å². The Labute approximate surface area is 156 Å². The van der Waals surface area contributed by atoms with Crippen molar-refractivity contribution < 1.29 is 9.53 Å². The number of hydrogen-bond acceptors (Lipinski definition) is 3. The van der Waals surface area contributed by atoms with Gasteiger partial charge >= 0.3 is 0 Å². The molecule has 1 atom stereocenters. The van der Waals surface area contributed by atoms with E-state index in [-0.39, 0.29) is 5.91 Å². The van der Waals surface area contributed by atoms with E-state index in [4.69, 9.17) is 4.74 Å². The number of rotatable bonds is 7. The van der Waals surface area contributed by atoms with E-state index in [1.807, 2.05) is 54.6 Å². The molecule has 1 aliphatic rings. The van der Waals surface area contributed by atoms with Crippen LogP contribution in [-0.4, -0.2) is 30.4 Å². The summed E-state index contributed by atoms with van der Waals surface area (Å²) in [4.78, 5) is 14.6. The Hall–Kier alpha value is -2.33. The van der Waals surface area contributed by atoms with Gasteiger partial charge in [0.2, 0.25) is 5.91 Å². The summed E-state index contributed by atoms with van der Waals surface area (Å²) >= 11 is 0. The molecule has 0 aromatic heterocycles. The molecular formula is C22H28N2O2. The highest BCUT2D eigenvalue weighted by molar-refractivity contribution is 5.76. The molecule has 2 aromatic carbocycles. The van der Waals surface area contributed by atoms with E-state index in [9.17, 15) is 4.79 Å². The third kappa shape index (κ3) is 5.33. The molecule has 1 heterocycles. The number of ether oxygens (including phenoxy) is 1. The highest BCUT2D eigenvalue weighted by Crippen LogP contribution is 2.20. The molecule has 26 heavy (non-hydrogen) atoms. The normalized spacial score (nSPS) is 17.7. The SMILES string of the molecule is CN1CCCC[C@@H]1CC(=O)NCc1ccccc1OCc1ccccc1. The van der Waals surface area contributed by atoms with Crippen molar-refractivity contribution in [2.24, 2.45) is 0 Å². The number of benzene rings is 2. The first-order chi connectivity index (χ1) is 12.7. The van der Waals surface area contributed by atoms with Crippen LogP contribution in [0.15, 0.2) is 54.6 Å². The molecule has 0 aliphatic carbocycles. The maximum Gasteiger partial charge on any atom is 0.221 e. The summed E-state index contributed by atoms with van der Waals surface area (Å²) in [6, 6.07) is 18.4. The topological polar surface area (TPSA) is 41.6 Å². The fourth-order valence-corrected chi connectivity index (χ4v) is 3.41. The highest BCUT2D eigenvalue weighted by atomic mass is 16.5. The fourth-order valence-electron chi connectivity index (χ4n) is 3.41. The average molecular weight is 352 g/mol. The van der Waals surface area contributed by atoms with Crippen molar-refractivity contribution in [1.82, 2.24) is 10.2 Å². The number of amides is 1. The molecule has 2 aromatic rings. The Kier molecular flexibility index (Phi) is 6.67. The van der Waals surface area contributed by atoms with Crippen molar-refractivity contribution >= 4 is 5.91 Å². The maximum absolute atomic E-state index is 12.3. The lowest BCUT2D eigenvalue weighted by Crippen LogP contribution is -2.40. The van der Waals surface area contributed by atoms with Gasteiger partial charge in [0.25, 0.3) is 0 Å². The summed E-state index contributed by atoms with van der Waals surface area (Å²) in [5.41, 5.74) is 2.14. The summed E-state index contributed by atoms with van der Waals surface area (Å²) in [6.07, 6.45) is 4.14. The summed E-state index contributed by atoms with van der Waals surface area (Å²) in [7, 11) is 2.11. The molecule has 0 radical (unpaired) electrons. The van der Waals surface area contributed by atoms with E-state index in [0.717, 1.165) is 29.8 Å². The van der Waals surface area contributed by atoms with Gasteiger partial charge in [-0.15, -0.1) is 0 Å². The Bertz CT molecular complexity index is 702. The molecule has 4 nitrogen and oxygen atoms in total. The zero-order valence-corrected chi connectivity index (χ0v) is 15.5. The predicted molar refractivity (Wildman–Crippen MR) is 104 cm³/mol. The molecule has 0 bridgehead atoms. The zero-order chi connectivity index (χ0) is 18.2. The van der Waals surface area contributed by atoms with Crippen molar-refractivity contribution in [3.63, 3.8) is 0 Å². The summed E-state index contributed by atoms with van der Waals surface area (Å²) < 4.78 is 5.96. The lowest BCUT2D eigenvalue weighted by molar-refractivity contribution is -0.122. The first kappa shape index (κ1) is 18.5. The van der Waals surface area contributed by atoms with Crippen LogP contribution in [0.25, 0.3) is 0 Å². The smallest absolute Gasteiger partial charge is 0.221 e. The molecule has 1 saturated heterocycles. The Balaban J connectivity index is 1.52. The van der Waals surface area contributed by atoms with Gasteiger partial charge in [-0.1, -0.05) is 55.0 Å². The van der Waals surface area contributed by atoms with Gasteiger partial charge < -0.3 is 15.0 Å². The third-order valence-electron chi connectivity index (χ3n) is 5.03. The molecule has 138 valence electrons. The summed E-state index contributed by atoms with van der Waals surface area (Å²) in [5, 5.41) is 3.06. The highest BCUT2D eigenvalue weighted by Gasteiger charge is 2.21. The number of nitrogens with zero attached hydrogens (tertiary/aromatic N) is 1. The lowest BCUT2D eigenvalue weighted by Gasteiger charge is -2.31. The predicted octanol–water partition coefficient (Wildman–Crippen LogP) is 3.76.